The van der Waals surface area contributed by atoms with Gasteiger partial charge in [-0.1, -0.05) is 0 Å². The van der Waals surface area contributed by atoms with Crippen LogP contribution in [0.2, 0.25) is 0 Å². The van der Waals surface area contributed by atoms with E-state index in [4.69, 9.17) is 0 Å². The fourth-order valence-electron chi connectivity index (χ4n) is 2.81. The van der Waals surface area contributed by atoms with Gasteiger partial charge in [0.25, 0.3) is 5.91 Å². The first-order chi connectivity index (χ1) is 11.0. The molecule has 2 aromatic rings. The topological polar surface area (TPSA) is 80.1 Å². The van der Waals surface area contributed by atoms with Gasteiger partial charge in [0.1, 0.15) is 0 Å². The number of hydrogen-bond acceptors (Lipinski definition) is 4. The summed E-state index contributed by atoms with van der Waals surface area (Å²) < 4.78 is 1.81. The van der Waals surface area contributed by atoms with Gasteiger partial charge in [-0.25, -0.2) is 0 Å². The van der Waals surface area contributed by atoms with Crippen molar-refractivity contribution in [2.24, 2.45) is 0 Å². The highest BCUT2D eigenvalue weighted by molar-refractivity contribution is 5.95. The van der Waals surface area contributed by atoms with E-state index in [1.54, 1.807) is 24.4 Å². The normalized spacial score (nSPS) is 17.3. The van der Waals surface area contributed by atoms with Crippen molar-refractivity contribution in [1.82, 2.24) is 19.7 Å². The monoisotopic (exact) mass is 313 g/mol. The first-order valence-corrected chi connectivity index (χ1v) is 7.58. The minimum atomic E-state index is -0.148. The summed E-state index contributed by atoms with van der Waals surface area (Å²) in [5.41, 5.74) is 1.39. The largest absolute Gasteiger partial charge is 0.336 e. The van der Waals surface area contributed by atoms with Crippen LogP contribution in [-0.2, 0) is 4.79 Å². The zero-order valence-corrected chi connectivity index (χ0v) is 13.2. The number of nitrogens with one attached hydrogen (secondary N) is 1. The summed E-state index contributed by atoms with van der Waals surface area (Å²) in [6.07, 6.45) is 4.36. The fraction of sp³-hybridized carbons (Fsp3) is 0.375. The molecule has 1 unspecified atom stereocenters. The zero-order valence-electron chi connectivity index (χ0n) is 13.2. The molecule has 23 heavy (non-hydrogen) atoms. The maximum atomic E-state index is 12.6. The second kappa shape index (κ2) is 6.20. The van der Waals surface area contributed by atoms with E-state index in [1.807, 2.05) is 22.7 Å². The van der Waals surface area contributed by atoms with Gasteiger partial charge in [-0.2, -0.15) is 5.10 Å². The number of pyridine rings is 1. The second-order valence-electron chi connectivity index (χ2n) is 5.69. The highest BCUT2D eigenvalue weighted by Gasteiger charge is 2.29. The lowest BCUT2D eigenvalue weighted by molar-refractivity contribution is -0.114. The number of carbonyl (C=O) groups is 2. The maximum absolute atomic E-state index is 12.6. The van der Waals surface area contributed by atoms with E-state index >= 15 is 0 Å². The highest BCUT2D eigenvalue weighted by atomic mass is 16.2. The van der Waals surface area contributed by atoms with Gasteiger partial charge in [0.2, 0.25) is 5.91 Å². The summed E-state index contributed by atoms with van der Waals surface area (Å²) in [6, 6.07) is 5.47. The Balaban J connectivity index is 1.69. The number of aromatic nitrogens is 3. The Hall–Kier alpha value is -2.70. The van der Waals surface area contributed by atoms with Crippen LogP contribution in [0.3, 0.4) is 0 Å². The fourth-order valence-corrected chi connectivity index (χ4v) is 2.81. The molecule has 0 bridgehead atoms. The second-order valence-corrected chi connectivity index (χ2v) is 5.69. The van der Waals surface area contributed by atoms with Crippen molar-refractivity contribution in [2.75, 3.05) is 18.4 Å². The van der Waals surface area contributed by atoms with Crippen LogP contribution in [0.4, 0.5) is 5.82 Å². The molecule has 120 valence electrons. The third-order valence-electron chi connectivity index (χ3n) is 3.97. The van der Waals surface area contributed by atoms with Crippen LogP contribution >= 0.6 is 0 Å². The third kappa shape index (κ3) is 3.23. The number of anilines is 1. The molecule has 1 aliphatic rings. The SMILES string of the molecule is CC(=O)Nc1ccn(C2CCN(C(=O)c3cccnc3C)C2)n1. The summed E-state index contributed by atoms with van der Waals surface area (Å²) in [6.45, 7) is 4.58. The summed E-state index contributed by atoms with van der Waals surface area (Å²) in [4.78, 5) is 29.7. The van der Waals surface area contributed by atoms with E-state index in [9.17, 15) is 9.59 Å². The standard InChI is InChI=1S/C16H19N5O2/c1-11-14(4-3-7-17-11)16(23)20-8-5-13(10-20)21-9-6-15(19-21)18-12(2)22/h3-4,6-7,9,13H,5,8,10H2,1-2H3,(H,18,19,22). The van der Waals surface area contributed by atoms with Gasteiger partial charge in [-0.15, -0.1) is 0 Å². The van der Waals surface area contributed by atoms with Crippen LogP contribution in [0.5, 0.6) is 0 Å². The summed E-state index contributed by atoms with van der Waals surface area (Å²) >= 11 is 0. The predicted octanol–water partition coefficient (Wildman–Crippen LogP) is 1.63. The molecule has 2 aromatic heterocycles. The third-order valence-corrected chi connectivity index (χ3v) is 3.97. The molecule has 1 atom stereocenters. The number of hydrogen-bond donors (Lipinski definition) is 1. The average molecular weight is 313 g/mol. The maximum Gasteiger partial charge on any atom is 0.255 e. The Morgan fingerprint density at radius 1 is 1.35 bits per heavy atom. The van der Waals surface area contributed by atoms with Crippen LogP contribution in [0, 0.1) is 6.92 Å². The van der Waals surface area contributed by atoms with Gasteiger partial charge >= 0.3 is 0 Å². The molecular formula is C16H19N5O2. The van der Waals surface area contributed by atoms with Crippen molar-refractivity contribution in [3.8, 4) is 0 Å². The van der Waals surface area contributed by atoms with Gasteiger partial charge in [0.05, 0.1) is 11.6 Å². The number of rotatable bonds is 3. The molecule has 1 fully saturated rings. The van der Waals surface area contributed by atoms with Crippen molar-refractivity contribution in [1.29, 1.82) is 0 Å². The van der Waals surface area contributed by atoms with E-state index in [0.29, 0.717) is 24.5 Å². The van der Waals surface area contributed by atoms with Crippen molar-refractivity contribution >= 4 is 17.6 Å². The first-order valence-electron chi connectivity index (χ1n) is 7.58. The number of aryl methyl sites for hydroxylation is 1. The van der Waals surface area contributed by atoms with E-state index in [0.717, 1.165) is 12.1 Å². The van der Waals surface area contributed by atoms with E-state index in [-0.39, 0.29) is 17.9 Å². The lowest BCUT2D eigenvalue weighted by Gasteiger charge is -2.17. The van der Waals surface area contributed by atoms with Crippen LogP contribution in [0.1, 0.15) is 35.4 Å². The number of nitrogens with zero attached hydrogens (tertiary/aromatic N) is 4. The molecule has 1 aliphatic heterocycles. The molecule has 7 heteroatoms. The molecule has 3 heterocycles. The van der Waals surface area contributed by atoms with Gasteiger partial charge in [0.15, 0.2) is 5.82 Å². The molecule has 0 radical (unpaired) electrons. The summed E-state index contributed by atoms with van der Waals surface area (Å²) in [7, 11) is 0. The van der Waals surface area contributed by atoms with E-state index in [1.165, 1.54) is 6.92 Å². The molecule has 3 rings (SSSR count). The van der Waals surface area contributed by atoms with Gasteiger partial charge in [-0.05, 0) is 25.5 Å². The first kappa shape index (κ1) is 15.2. The lowest BCUT2D eigenvalue weighted by Crippen LogP contribution is -2.30. The smallest absolute Gasteiger partial charge is 0.255 e. The van der Waals surface area contributed by atoms with E-state index < -0.39 is 0 Å². The number of likely N-dealkylation sites (tertiary alicyclic amines) is 1. The molecule has 0 aliphatic carbocycles. The minimum absolute atomic E-state index is 0.00680. The zero-order chi connectivity index (χ0) is 16.4. The Kier molecular flexibility index (Phi) is 4.10. The number of carbonyl (C=O) groups excluding carboxylic acids is 2. The molecule has 2 amide bonds. The molecule has 0 spiro atoms. The Morgan fingerprint density at radius 2 is 2.17 bits per heavy atom. The Bertz CT molecular complexity index is 740. The molecule has 1 N–H and O–H groups in total. The van der Waals surface area contributed by atoms with Crippen LogP contribution < -0.4 is 5.32 Å². The van der Waals surface area contributed by atoms with Crippen LogP contribution in [-0.4, -0.2) is 44.6 Å². The molecule has 1 saturated heterocycles. The van der Waals surface area contributed by atoms with E-state index in [2.05, 4.69) is 15.4 Å². The van der Waals surface area contributed by atoms with Crippen molar-refractivity contribution in [3.05, 3.63) is 41.9 Å². The highest BCUT2D eigenvalue weighted by Crippen LogP contribution is 2.24. The van der Waals surface area contributed by atoms with Crippen molar-refractivity contribution < 1.29 is 9.59 Å². The molecule has 0 aromatic carbocycles. The van der Waals surface area contributed by atoms with Crippen molar-refractivity contribution in [3.63, 3.8) is 0 Å². The summed E-state index contributed by atoms with van der Waals surface area (Å²) in [5, 5.41) is 7.01. The number of amides is 2. The Morgan fingerprint density at radius 3 is 2.91 bits per heavy atom. The predicted molar refractivity (Wildman–Crippen MR) is 85.1 cm³/mol. The van der Waals surface area contributed by atoms with Gasteiger partial charge in [0, 0.05) is 44.2 Å². The van der Waals surface area contributed by atoms with Crippen LogP contribution in [0.25, 0.3) is 0 Å². The lowest BCUT2D eigenvalue weighted by atomic mass is 10.2. The molecule has 7 nitrogen and oxygen atoms in total. The van der Waals surface area contributed by atoms with Crippen molar-refractivity contribution in [2.45, 2.75) is 26.3 Å². The molecule has 0 saturated carbocycles. The molecular weight excluding hydrogens is 294 g/mol. The average Bonchev–Trinajstić information content (AvgIpc) is 3.15. The quantitative estimate of drug-likeness (QED) is 0.934. The van der Waals surface area contributed by atoms with Crippen LogP contribution in [0.15, 0.2) is 30.6 Å². The van der Waals surface area contributed by atoms with Gasteiger partial charge in [-0.3, -0.25) is 19.3 Å². The minimum Gasteiger partial charge on any atom is -0.336 e. The summed E-state index contributed by atoms with van der Waals surface area (Å²) in [5.74, 6) is 0.392. The van der Waals surface area contributed by atoms with Gasteiger partial charge < -0.3 is 10.2 Å². The Labute approximate surface area is 134 Å².